The molecule has 1 aromatic carbocycles. The standard InChI is InChI=1S/C14H18BrNO/c1-10-4-5-11(15)8-12(10)13(17)16-9-14(2)6-3-7-14/h4-5,8H,3,6-7,9H2,1-2H3,(H,16,17). The monoisotopic (exact) mass is 295 g/mol. The van der Waals surface area contributed by atoms with E-state index in [9.17, 15) is 4.79 Å². The van der Waals surface area contributed by atoms with Crippen LogP contribution >= 0.6 is 15.9 Å². The predicted molar refractivity (Wildman–Crippen MR) is 73.2 cm³/mol. The molecule has 0 aromatic heterocycles. The Morgan fingerprint density at radius 3 is 2.76 bits per heavy atom. The van der Waals surface area contributed by atoms with Gasteiger partial charge in [0.1, 0.15) is 0 Å². The summed E-state index contributed by atoms with van der Waals surface area (Å²) in [5.41, 5.74) is 2.11. The van der Waals surface area contributed by atoms with Gasteiger partial charge in [-0.2, -0.15) is 0 Å². The van der Waals surface area contributed by atoms with Gasteiger partial charge in [-0.3, -0.25) is 4.79 Å². The van der Waals surface area contributed by atoms with E-state index in [1.165, 1.54) is 19.3 Å². The number of hydrogen-bond donors (Lipinski definition) is 1. The van der Waals surface area contributed by atoms with Gasteiger partial charge < -0.3 is 5.32 Å². The molecule has 0 radical (unpaired) electrons. The zero-order valence-electron chi connectivity index (χ0n) is 10.3. The number of nitrogens with one attached hydrogen (secondary N) is 1. The minimum atomic E-state index is 0.0388. The van der Waals surface area contributed by atoms with Gasteiger partial charge in [0.25, 0.3) is 5.91 Å². The highest BCUT2D eigenvalue weighted by Gasteiger charge is 2.31. The number of halogens is 1. The highest BCUT2D eigenvalue weighted by Crippen LogP contribution is 2.39. The van der Waals surface area contributed by atoms with Gasteiger partial charge in [0.2, 0.25) is 0 Å². The minimum absolute atomic E-state index is 0.0388. The van der Waals surface area contributed by atoms with Crippen LogP contribution in [0.15, 0.2) is 22.7 Å². The molecule has 1 saturated carbocycles. The lowest BCUT2D eigenvalue weighted by Crippen LogP contribution is -2.40. The molecule has 0 atom stereocenters. The van der Waals surface area contributed by atoms with Crippen LogP contribution in [0.3, 0.4) is 0 Å². The molecule has 0 heterocycles. The maximum absolute atomic E-state index is 12.1. The van der Waals surface area contributed by atoms with Gasteiger partial charge in [-0.15, -0.1) is 0 Å². The van der Waals surface area contributed by atoms with Crippen LogP contribution in [0.4, 0.5) is 0 Å². The van der Waals surface area contributed by atoms with Gasteiger partial charge in [0, 0.05) is 16.6 Å². The Bertz CT molecular complexity index is 438. The van der Waals surface area contributed by atoms with Crippen LogP contribution in [-0.2, 0) is 0 Å². The van der Waals surface area contributed by atoms with Crippen LogP contribution in [0.25, 0.3) is 0 Å². The molecule has 92 valence electrons. The van der Waals surface area contributed by atoms with Crippen LogP contribution in [0.1, 0.15) is 42.1 Å². The quantitative estimate of drug-likeness (QED) is 0.906. The van der Waals surface area contributed by atoms with Crippen molar-refractivity contribution < 1.29 is 4.79 Å². The van der Waals surface area contributed by atoms with Crippen molar-refractivity contribution in [2.24, 2.45) is 5.41 Å². The van der Waals surface area contributed by atoms with Crippen molar-refractivity contribution in [2.45, 2.75) is 33.1 Å². The summed E-state index contributed by atoms with van der Waals surface area (Å²) in [6.07, 6.45) is 3.75. The highest BCUT2D eigenvalue weighted by molar-refractivity contribution is 9.10. The van der Waals surface area contributed by atoms with E-state index in [2.05, 4.69) is 28.2 Å². The number of rotatable bonds is 3. The van der Waals surface area contributed by atoms with Crippen LogP contribution in [0.5, 0.6) is 0 Å². The van der Waals surface area contributed by atoms with Crippen molar-refractivity contribution >= 4 is 21.8 Å². The van der Waals surface area contributed by atoms with Gasteiger partial charge in [-0.05, 0) is 42.9 Å². The summed E-state index contributed by atoms with van der Waals surface area (Å²) >= 11 is 3.40. The summed E-state index contributed by atoms with van der Waals surface area (Å²) in [7, 11) is 0. The molecule has 1 aliphatic rings. The fraction of sp³-hybridized carbons (Fsp3) is 0.500. The third-order valence-electron chi connectivity index (χ3n) is 3.68. The lowest BCUT2D eigenvalue weighted by atomic mass is 9.70. The summed E-state index contributed by atoms with van der Waals surface area (Å²) in [6, 6.07) is 5.80. The van der Waals surface area contributed by atoms with Gasteiger partial charge in [0.15, 0.2) is 0 Å². The summed E-state index contributed by atoms with van der Waals surface area (Å²) in [4.78, 5) is 12.1. The van der Waals surface area contributed by atoms with E-state index in [1.807, 2.05) is 25.1 Å². The van der Waals surface area contributed by atoms with E-state index in [4.69, 9.17) is 0 Å². The molecule has 0 unspecified atom stereocenters. The number of amides is 1. The van der Waals surface area contributed by atoms with Crippen molar-refractivity contribution in [3.05, 3.63) is 33.8 Å². The first-order chi connectivity index (χ1) is 8.00. The number of carbonyl (C=O) groups is 1. The Morgan fingerprint density at radius 2 is 2.18 bits per heavy atom. The smallest absolute Gasteiger partial charge is 0.251 e. The third kappa shape index (κ3) is 2.89. The van der Waals surface area contributed by atoms with E-state index in [0.717, 1.165) is 22.1 Å². The maximum Gasteiger partial charge on any atom is 0.251 e. The van der Waals surface area contributed by atoms with Crippen molar-refractivity contribution in [1.82, 2.24) is 5.32 Å². The van der Waals surface area contributed by atoms with Crippen molar-refractivity contribution in [3.8, 4) is 0 Å². The largest absolute Gasteiger partial charge is 0.351 e. The van der Waals surface area contributed by atoms with E-state index in [0.29, 0.717) is 5.41 Å². The molecule has 1 amide bonds. The molecule has 0 aliphatic heterocycles. The second kappa shape index (κ2) is 4.81. The van der Waals surface area contributed by atoms with Gasteiger partial charge in [0.05, 0.1) is 0 Å². The normalized spacial score (nSPS) is 17.4. The molecule has 3 heteroatoms. The van der Waals surface area contributed by atoms with E-state index in [-0.39, 0.29) is 5.91 Å². The first-order valence-electron chi connectivity index (χ1n) is 6.05. The zero-order chi connectivity index (χ0) is 12.5. The third-order valence-corrected chi connectivity index (χ3v) is 4.17. The summed E-state index contributed by atoms with van der Waals surface area (Å²) in [5.74, 6) is 0.0388. The molecule has 0 spiro atoms. The van der Waals surface area contributed by atoms with Crippen LogP contribution < -0.4 is 5.32 Å². The molecule has 2 rings (SSSR count). The predicted octanol–water partition coefficient (Wildman–Crippen LogP) is 3.68. The molecular weight excluding hydrogens is 278 g/mol. The van der Waals surface area contributed by atoms with Gasteiger partial charge >= 0.3 is 0 Å². The number of benzene rings is 1. The average molecular weight is 296 g/mol. The van der Waals surface area contributed by atoms with Crippen LogP contribution in [0, 0.1) is 12.3 Å². The lowest BCUT2D eigenvalue weighted by molar-refractivity contribution is 0.0890. The number of aryl methyl sites for hydroxylation is 1. The fourth-order valence-electron chi connectivity index (χ4n) is 2.18. The van der Waals surface area contributed by atoms with Crippen molar-refractivity contribution in [1.29, 1.82) is 0 Å². The Labute approximate surface area is 111 Å². The van der Waals surface area contributed by atoms with Gasteiger partial charge in [-0.1, -0.05) is 35.3 Å². The Morgan fingerprint density at radius 1 is 1.47 bits per heavy atom. The van der Waals surface area contributed by atoms with E-state index >= 15 is 0 Å². The fourth-order valence-corrected chi connectivity index (χ4v) is 2.55. The number of hydrogen-bond acceptors (Lipinski definition) is 1. The number of carbonyl (C=O) groups excluding carboxylic acids is 1. The summed E-state index contributed by atoms with van der Waals surface area (Å²) in [6.45, 7) is 4.99. The summed E-state index contributed by atoms with van der Waals surface area (Å²) in [5, 5.41) is 3.05. The lowest BCUT2D eigenvalue weighted by Gasteiger charge is -2.38. The van der Waals surface area contributed by atoms with Crippen LogP contribution in [0.2, 0.25) is 0 Å². The zero-order valence-corrected chi connectivity index (χ0v) is 11.9. The average Bonchev–Trinajstić information content (AvgIpc) is 2.26. The van der Waals surface area contributed by atoms with Crippen LogP contribution in [-0.4, -0.2) is 12.5 Å². The Kier molecular flexibility index (Phi) is 3.57. The van der Waals surface area contributed by atoms with Crippen molar-refractivity contribution in [2.75, 3.05) is 6.54 Å². The van der Waals surface area contributed by atoms with E-state index in [1.54, 1.807) is 0 Å². The first kappa shape index (κ1) is 12.6. The van der Waals surface area contributed by atoms with E-state index < -0.39 is 0 Å². The molecule has 1 aromatic rings. The Balaban J connectivity index is 2.01. The minimum Gasteiger partial charge on any atom is -0.351 e. The van der Waals surface area contributed by atoms with Gasteiger partial charge in [-0.25, -0.2) is 0 Å². The molecular formula is C14H18BrNO. The van der Waals surface area contributed by atoms with Crippen molar-refractivity contribution in [3.63, 3.8) is 0 Å². The molecule has 1 N–H and O–H groups in total. The molecule has 17 heavy (non-hydrogen) atoms. The highest BCUT2D eigenvalue weighted by atomic mass is 79.9. The second-order valence-electron chi connectivity index (χ2n) is 5.31. The second-order valence-corrected chi connectivity index (χ2v) is 6.22. The molecule has 1 aliphatic carbocycles. The molecule has 1 fully saturated rings. The SMILES string of the molecule is Cc1ccc(Br)cc1C(=O)NCC1(C)CCC1. The summed E-state index contributed by atoms with van der Waals surface area (Å²) < 4.78 is 0.947. The first-order valence-corrected chi connectivity index (χ1v) is 6.84. The molecule has 0 saturated heterocycles. The topological polar surface area (TPSA) is 29.1 Å². The maximum atomic E-state index is 12.1. The Hall–Kier alpha value is -0.830. The molecule has 0 bridgehead atoms. The molecule has 2 nitrogen and oxygen atoms in total.